The molecule has 17 heavy (non-hydrogen) atoms. The van der Waals surface area contributed by atoms with Gasteiger partial charge in [0, 0.05) is 8.04 Å². The normalized spacial score (nSPS) is 10.2. The fraction of sp³-hybridized carbons (Fsp3) is 0. The summed E-state index contributed by atoms with van der Waals surface area (Å²) in [4.78, 5) is 4.16. The Balaban J connectivity index is 2.31. The molecule has 0 amide bonds. The predicted octanol–water partition coefficient (Wildman–Crippen LogP) is 3.36. The van der Waals surface area contributed by atoms with E-state index in [1.165, 1.54) is 0 Å². The first kappa shape index (κ1) is 12.4. The smallest absolute Gasteiger partial charge is 0.149 e. The average Bonchev–Trinajstić information content (AvgIpc) is 2.29. The highest BCUT2D eigenvalue weighted by Gasteiger charge is 2.03. The minimum absolute atomic E-state index is 0.330. The standard InChI is InChI=1S/C11H10BrIN4/c12-7-2-1-6(13)5-9(7)16-10-4-3-8(14)11(15)17-10/h1-5H,14H2,(H3,15,16,17). The molecule has 1 aromatic carbocycles. The Kier molecular flexibility index (Phi) is 3.72. The average molecular weight is 405 g/mol. The second kappa shape index (κ2) is 5.09. The van der Waals surface area contributed by atoms with Crippen LogP contribution in [0.1, 0.15) is 0 Å². The molecule has 0 fully saturated rings. The summed E-state index contributed by atoms with van der Waals surface area (Å²) >= 11 is 5.72. The monoisotopic (exact) mass is 404 g/mol. The molecule has 2 rings (SSSR count). The lowest BCUT2D eigenvalue weighted by molar-refractivity contribution is 1.31. The van der Waals surface area contributed by atoms with Gasteiger partial charge in [0.05, 0.1) is 11.4 Å². The van der Waals surface area contributed by atoms with Gasteiger partial charge < -0.3 is 16.8 Å². The van der Waals surface area contributed by atoms with Gasteiger partial charge in [0.25, 0.3) is 0 Å². The Bertz CT molecular complexity index is 559. The van der Waals surface area contributed by atoms with Crippen LogP contribution >= 0.6 is 38.5 Å². The van der Waals surface area contributed by atoms with Crippen molar-refractivity contribution >= 4 is 61.5 Å². The third-order valence-electron chi connectivity index (χ3n) is 2.15. The largest absolute Gasteiger partial charge is 0.396 e. The molecule has 2 aromatic rings. The molecule has 6 heteroatoms. The molecule has 0 aliphatic rings. The van der Waals surface area contributed by atoms with Gasteiger partial charge in [-0.3, -0.25) is 0 Å². The van der Waals surface area contributed by atoms with Crippen molar-refractivity contribution in [2.45, 2.75) is 0 Å². The molecule has 0 radical (unpaired) electrons. The number of halogens is 2. The summed E-state index contributed by atoms with van der Waals surface area (Å²) in [6.45, 7) is 0. The first-order chi connectivity index (χ1) is 8.06. The van der Waals surface area contributed by atoms with E-state index in [1.807, 2.05) is 18.2 Å². The van der Waals surface area contributed by atoms with Crippen LogP contribution in [-0.2, 0) is 0 Å². The van der Waals surface area contributed by atoms with E-state index in [4.69, 9.17) is 11.5 Å². The second-order valence-electron chi connectivity index (χ2n) is 3.42. The van der Waals surface area contributed by atoms with Gasteiger partial charge in [0.2, 0.25) is 0 Å². The van der Waals surface area contributed by atoms with Crippen LogP contribution in [0.4, 0.5) is 23.0 Å². The van der Waals surface area contributed by atoms with Crippen molar-refractivity contribution in [1.82, 2.24) is 4.98 Å². The van der Waals surface area contributed by atoms with Crippen LogP contribution < -0.4 is 16.8 Å². The first-order valence-electron chi connectivity index (χ1n) is 4.80. The Morgan fingerprint density at radius 1 is 1.18 bits per heavy atom. The van der Waals surface area contributed by atoms with Gasteiger partial charge in [-0.05, 0) is 68.9 Å². The van der Waals surface area contributed by atoms with E-state index < -0.39 is 0 Å². The maximum Gasteiger partial charge on any atom is 0.149 e. The van der Waals surface area contributed by atoms with Crippen molar-refractivity contribution in [3.8, 4) is 0 Å². The van der Waals surface area contributed by atoms with Crippen LogP contribution in [0.25, 0.3) is 0 Å². The van der Waals surface area contributed by atoms with Crippen LogP contribution in [0.3, 0.4) is 0 Å². The molecule has 5 N–H and O–H groups in total. The number of anilines is 4. The van der Waals surface area contributed by atoms with Crippen LogP contribution in [0.2, 0.25) is 0 Å². The van der Waals surface area contributed by atoms with Crippen LogP contribution in [-0.4, -0.2) is 4.98 Å². The van der Waals surface area contributed by atoms with Crippen molar-refractivity contribution in [3.05, 3.63) is 38.4 Å². The number of hydrogen-bond donors (Lipinski definition) is 3. The van der Waals surface area contributed by atoms with E-state index in [2.05, 4.69) is 48.8 Å². The molecule has 0 aliphatic carbocycles. The minimum atomic E-state index is 0.330. The van der Waals surface area contributed by atoms with Gasteiger partial charge in [0.15, 0.2) is 0 Å². The maximum atomic E-state index is 5.65. The summed E-state index contributed by atoms with van der Waals surface area (Å²) in [5.74, 6) is 0.996. The Labute approximate surface area is 121 Å². The Hall–Kier alpha value is -1.02. The molecule has 0 bridgehead atoms. The van der Waals surface area contributed by atoms with Gasteiger partial charge in [-0.2, -0.15) is 0 Å². The number of nitrogen functional groups attached to an aromatic ring is 2. The lowest BCUT2D eigenvalue weighted by Gasteiger charge is -2.09. The van der Waals surface area contributed by atoms with Crippen molar-refractivity contribution in [2.24, 2.45) is 0 Å². The number of nitrogens with two attached hydrogens (primary N) is 2. The number of hydrogen-bond acceptors (Lipinski definition) is 4. The summed E-state index contributed by atoms with van der Waals surface area (Å²) in [5, 5.41) is 3.18. The van der Waals surface area contributed by atoms with E-state index in [1.54, 1.807) is 12.1 Å². The molecule has 0 spiro atoms. The van der Waals surface area contributed by atoms with E-state index in [0.717, 1.165) is 13.7 Å². The third-order valence-corrected chi connectivity index (χ3v) is 3.51. The number of nitrogens with one attached hydrogen (secondary N) is 1. The molecule has 0 aliphatic heterocycles. The lowest BCUT2D eigenvalue weighted by atomic mass is 10.3. The zero-order chi connectivity index (χ0) is 12.4. The molecule has 0 saturated carbocycles. The Morgan fingerprint density at radius 3 is 2.65 bits per heavy atom. The zero-order valence-electron chi connectivity index (χ0n) is 8.74. The topological polar surface area (TPSA) is 77.0 Å². The van der Waals surface area contributed by atoms with E-state index in [-0.39, 0.29) is 0 Å². The van der Waals surface area contributed by atoms with Crippen molar-refractivity contribution < 1.29 is 0 Å². The van der Waals surface area contributed by atoms with E-state index in [0.29, 0.717) is 17.3 Å². The number of rotatable bonds is 2. The van der Waals surface area contributed by atoms with Gasteiger partial charge in [-0.15, -0.1) is 0 Å². The minimum Gasteiger partial charge on any atom is -0.396 e. The Morgan fingerprint density at radius 2 is 1.94 bits per heavy atom. The van der Waals surface area contributed by atoms with Crippen LogP contribution in [0, 0.1) is 3.57 Å². The summed E-state index contributed by atoms with van der Waals surface area (Å²) < 4.78 is 2.10. The van der Waals surface area contributed by atoms with Crippen molar-refractivity contribution in [3.63, 3.8) is 0 Å². The number of benzene rings is 1. The summed E-state index contributed by atoms with van der Waals surface area (Å²) in [6, 6.07) is 9.52. The van der Waals surface area contributed by atoms with E-state index in [9.17, 15) is 0 Å². The van der Waals surface area contributed by atoms with Gasteiger partial charge in [-0.1, -0.05) is 0 Å². The highest BCUT2D eigenvalue weighted by Crippen LogP contribution is 2.27. The quantitative estimate of drug-likeness (QED) is 0.670. The van der Waals surface area contributed by atoms with Crippen LogP contribution in [0.15, 0.2) is 34.8 Å². The number of nitrogens with zero attached hydrogens (tertiary/aromatic N) is 1. The van der Waals surface area contributed by atoms with Crippen LogP contribution in [0.5, 0.6) is 0 Å². The molecular formula is C11H10BrIN4. The number of aromatic nitrogens is 1. The molecule has 4 nitrogen and oxygen atoms in total. The SMILES string of the molecule is Nc1ccc(Nc2cc(I)ccc2Br)nc1N. The highest BCUT2D eigenvalue weighted by atomic mass is 127. The molecule has 1 aromatic heterocycles. The van der Waals surface area contributed by atoms with Gasteiger partial charge in [0.1, 0.15) is 11.6 Å². The first-order valence-corrected chi connectivity index (χ1v) is 6.67. The third kappa shape index (κ3) is 3.01. The van der Waals surface area contributed by atoms with Crippen molar-refractivity contribution in [1.29, 1.82) is 0 Å². The van der Waals surface area contributed by atoms with E-state index >= 15 is 0 Å². The van der Waals surface area contributed by atoms with Crippen molar-refractivity contribution in [2.75, 3.05) is 16.8 Å². The maximum absolute atomic E-state index is 5.65. The predicted molar refractivity (Wildman–Crippen MR) is 83.2 cm³/mol. The molecular weight excluding hydrogens is 395 g/mol. The summed E-state index contributed by atoms with van der Waals surface area (Å²) in [6.07, 6.45) is 0. The molecule has 88 valence electrons. The zero-order valence-corrected chi connectivity index (χ0v) is 12.5. The molecule has 1 heterocycles. The number of pyridine rings is 1. The second-order valence-corrected chi connectivity index (χ2v) is 5.52. The highest BCUT2D eigenvalue weighted by molar-refractivity contribution is 14.1. The molecule has 0 atom stereocenters. The fourth-order valence-electron chi connectivity index (χ4n) is 1.29. The lowest BCUT2D eigenvalue weighted by Crippen LogP contribution is -2.01. The molecule has 0 saturated heterocycles. The molecule has 0 unspecified atom stereocenters. The fourth-order valence-corrected chi connectivity index (χ4v) is 2.12. The van der Waals surface area contributed by atoms with Gasteiger partial charge in [-0.25, -0.2) is 4.98 Å². The summed E-state index contributed by atoms with van der Waals surface area (Å²) in [7, 11) is 0. The summed E-state index contributed by atoms with van der Waals surface area (Å²) in [5.41, 5.74) is 12.7. The van der Waals surface area contributed by atoms with Gasteiger partial charge >= 0.3 is 0 Å².